The molecule has 168 valence electrons. The number of nitrogens with zero attached hydrogens (tertiary/aromatic N) is 2. The van der Waals surface area contributed by atoms with Gasteiger partial charge in [0.15, 0.2) is 0 Å². The summed E-state index contributed by atoms with van der Waals surface area (Å²) in [5.74, 6) is -0.255. The third kappa shape index (κ3) is 6.34. The number of carbonyl (C=O) groups excluding carboxylic acids is 3. The van der Waals surface area contributed by atoms with Gasteiger partial charge in [-0.15, -0.1) is 22.7 Å². The Morgan fingerprint density at radius 1 is 1.39 bits per heavy atom. The molecule has 1 aliphatic heterocycles. The number of cyclic esters (lactones) is 1. The lowest BCUT2D eigenvalue weighted by atomic mass is 10.2. The number of rotatable bonds is 6. The molecule has 0 aromatic carbocycles. The Hall–Kier alpha value is -2.30. The predicted octanol–water partition coefficient (Wildman–Crippen LogP) is 4.59. The number of amides is 3. The van der Waals surface area contributed by atoms with Crippen LogP contribution < -0.4 is 10.2 Å². The maximum absolute atomic E-state index is 12.3. The maximum atomic E-state index is 12.3. The van der Waals surface area contributed by atoms with Crippen LogP contribution in [0.25, 0.3) is 0 Å². The molecule has 3 amide bonds. The van der Waals surface area contributed by atoms with E-state index in [-0.39, 0.29) is 12.5 Å². The zero-order chi connectivity index (χ0) is 22.8. The van der Waals surface area contributed by atoms with E-state index in [0.29, 0.717) is 22.3 Å². The van der Waals surface area contributed by atoms with Crippen LogP contribution in [0.5, 0.6) is 0 Å². The third-order valence-electron chi connectivity index (χ3n) is 4.19. The van der Waals surface area contributed by atoms with E-state index in [0.717, 1.165) is 10.6 Å². The molecule has 0 unspecified atom stereocenters. The third-order valence-corrected chi connectivity index (χ3v) is 6.42. The maximum Gasteiger partial charge on any atom is 0.415 e. The Kier molecular flexibility index (Phi) is 7.13. The van der Waals surface area contributed by atoms with E-state index >= 15 is 0 Å². The molecule has 1 saturated heterocycles. The highest BCUT2D eigenvalue weighted by molar-refractivity contribution is 7.18. The molecular formula is C20H24ClN3O5S2. The Labute approximate surface area is 193 Å². The molecule has 0 aliphatic carbocycles. The van der Waals surface area contributed by atoms with Crippen molar-refractivity contribution in [2.75, 3.05) is 25.0 Å². The van der Waals surface area contributed by atoms with Crippen LogP contribution in [-0.2, 0) is 16.0 Å². The van der Waals surface area contributed by atoms with E-state index < -0.39 is 23.9 Å². The van der Waals surface area contributed by atoms with Crippen molar-refractivity contribution in [2.45, 2.75) is 39.0 Å². The van der Waals surface area contributed by atoms with Gasteiger partial charge in [0.05, 0.1) is 22.3 Å². The van der Waals surface area contributed by atoms with Crippen LogP contribution in [0.3, 0.4) is 0 Å². The number of hydrogen-bond donors (Lipinski definition) is 1. The number of nitrogens with one attached hydrogen (secondary N) is 1. The van der Waals surface area contributed by atoms with Crippen molar-refractivity contribution in [1.82, 2.24) is 10.2 Å². The topological polar surface area (TPSA) is 88.2 Å². The zero-order valence-corrected chi connectivity index (χ0v) is 20.0. The van der Waals surface area contributed by atoms with Gasteiger partial charge in [-0.05, 0) is 49.9 Å². The molecule has 3 rings (SSSR count). The fourth-order valence-electron chi connectivity index (χ4n) is 2.80. The summed E-state index contributed by atoms with van der Waals surface area (Å²) in [7, 11) is 1.66. The summed E-state index contributed by atoms with van der Waals surface area (Å²) in [6.07, 6.45) is -1.34. The SMILES string of the molecule is CN(Cc1csc(N2C[C@H](CNC(=O)c3ccc(Cl)s3)OC2=O)c1)C(=O)OC(C)(C)C. The highest BCUT2D eigenvalue weighted by atomic mass is 35.5. The van der Waals surface area contributed by atoms with E-state index in [1.54, 1.807) is 19.2 Å². The molecule has 8 nitrogen and oxygen atoms in total. The van der Waals surface area contributed by atoms with Gasteiger partial charge in [0.25, 0.3) is 5.91 Å². The Morgan fingerprint density at radius 3 is 2.77 bits per heavy atom. The molecule has 3 heterocycles. The normalized spacial score (nSPS) is 16.2. The van der Waals surface area contributed by atoms with E-state index in [1.165, 1.54) is 32.5 Å². The highest BCUT2D eigenvalue weighted by Crippen LogP contribution is 2.29. The van der Waals surface area contributed by atoms with Gasteiger partial charge >= 0.3 is 12.2 Å². The van der Waals surface area contributed by atoms with Gasteiger partial charge in [0, 0.05) is 13.6 Å². The first-order valence-electron chi connectivity index (χ1n) is 9.55. The molecule has 11 heteroatoms. The van der Waals surface area contributed by atoms with Crippen LogP contribution in [-0.4, -0.2) is 54.8 Å². The monoisotopic (exact) mass is 485 g/mol. The minimum atomic E-state index is -0.565. The molecule has 1 aliphatic rings. The first kappa shape index (κ1) is 23.4. The number of carbonyl (C=O) groups is 3. The molecule has 2 aromatic heterocycles. The van der Waals surface area contributed by atoms with Gasteiger partial charge < -0.3 is 19.7 Å². The van der Waals surface area contributed by atoms with Gasteiger partial charge in [-0.3, -0.25) is 9.69 Å². The Bertz CT molecular complexity index is 968. The van der Waals surface area contributed by atoms with Crippen LogP contribution in [0.1, 0.15) is 36.0 Å². The summed E-state index contributed by atoms with van der Waals surface area (Å²) in [6.45, 7) is 6.33. The largest absolute Gasteiger partial charge is 0.444 e. The summed E-state index contributed by atoms with van der Waals surface area (Å²) < 4.78 is 11.3. The summed E-state index contributed by atoms with van der Waals surface area (Å²) in [6, 6.07) is 5.16. The van der Waals surface area contributed by atoms with E-state index in [4.69, 9.17) is 21.1 Å². The first-order valence-corrected chi connectivity index (χ1v) is 11.6. The van der Waals surface area contributed by atoms with Crippen LogP contribution in [0.4, 0.5) is 14.6 Å². The zero-order valence-electron chi connectivity index (χ0n) is 17.6. The van der Waals surface area contributed by atoms with Crippen LogP contribution in [0, 0.1) is 0 Å². The molecule has 1 N–H and O–H groups in total. The van der Waals surface area contributed by atoms with Crippen molar-refractivity contribution < 1.29 is 23.9 Å². The number of thiophene rings is 2. The molecule has 1 atom stereocenters. The lowest BCUT2D eigenvalue weighted by molar-refractivity contribution is 0.0285. The molecule has 0 radical (unpaired) electrons. The second kappa shape index (κ2) is 9.46. The van der Waals surface area contributed by atoms with Crippen LogP contribution >= 0.6 is 34.3 Å². The summed E-state index contributed by atoms with van der Waals surface area (Å²) in [5.41, 5.74) is 0.317. The van der Waals surface area contributed by atoms with E-state index in [1.807, 2.05) is 32.2 Å². The van der Waals surface area contributed by atoms with Gasteiger partial charge in [-0.2, -0.15) is 0 Å². The van der Waals surface area contributed by atoms with E-state index in [9.17, 15) is 14.4 Å². The summed E-state index contributed by atoms with van der Waals surface area (Å²) in [5, 5.41) is 5.37. The van der Waals surface area contributed by atoms with Crippen LogP contribution in [0.2, 0.25) is 4.34 Å². The standard InChI is InChI=1S/C20H24ClN3O5S2/c1-20(2,3)29-18(26)23(4)9-12-7-16(30-11-12)24-10-13(28-19(24)27)8-22-17(25)14-5-6-15(21)31-14/h5-7,11,13H,8-10H2,1-4H3,(H,22,25)/t13-/m0/s1. The fourth-order valence-corrected chi connectivity index (χ4v) is 4.67. The van der Waals surface area contributed by atoms with Crippen molar-refractivity contribution in [2.24, 2.45) is 0 Å². The fraction of sp³-hybridized carbons (Fsp3) is 0.450. The Balaban J connectivity index is 1.53. The second-order valence-electron chi connectivity index (χ2n) is 8.06. The molecule has 31 heavy (non-hydrogen) atoms. The second-order valence-corrected chi connectivity index (χ2v) is 10.7. The number of ether oxygens (including phenoxy) is 2. The van der Waals surface area contributed by atoms with Gasteiger partial charge in [0.2, 0.25) is 0 Å². The predicted molar refractivity (Wildman–Crippen MR) is 121 cm³/mol. The van der Waals surface area contributed by atoms with Crippen molar-refractivity contribution in [3.05, 3.63) is 38.4 Å². The number of hydrogen-bond acceptors (Lipinski definition) is 7. The molecular weight excluding hydrogens is 462 g/mol. The number of anilines is 1. The molecule has 2 aromatic rings. The summed E-state index contributed by atoms with van der Waals surface area (Å²) >= 11 is 8.43. The summed E-state index contributed by atoms with van der Waals surface area (Å²) in [4.78, 5) is 40.1. The molecule has 0 spiro atoms. The molecule has 1 fully saturated rings. The average molecular weight is 486 g/mol. The lowest BCUT2D eigenvalue weighted by Crippen LogP contribution is -2.34. The number of halogens is 1. The van der Waals surface area contributed by atoms with Crippen molar-refractivity contribution in [3.63, 3.8) is 0 Å². The minimum absolute atomic E-state index is 0.205. The van der Waals surface area contributed by atoms with Crippen LogP contribution in [0.15, 0.2) is 23.6 Å². The smallest absolute Gasteiger partial charge is 0.415 e. The average Bonchev–Trinajstić information content (AvgIpc) is 3.38. The van der Waals surface area contributed by atoms with E-state index in [2.05, 4.69) is 5.32 Å². The Morgan fingerprint density at radius 2 is 2.13 bits per heavy atom. The van der Waals surface area contributed by atoms with Crippen molar-refractivity contribution in [3.8, 4) is 0 Å². The van der Waals surface area contributed by atoms with Gasteiger partial charge in [0.1, 0.15) is 16.7 Å². The van der Waals surface area contributed by atoms with Crippen molar-refractivity contribution >= 4 is 57.4 Å². The lowest BCUT2D eigenvalue weighted by Gasteiger charge is -2.24. The first-order chi connectivity index (χ1) is 14.5. The molecule has 0 bridgehead atoms. The van der Waals surface area contributed by atoms with Gasteiger partial charge in [-0.25, -0.2) is 9.59 Å². The van der Waals surface area contributed by atoms with Crippen molar-refractivity contribution in [1.29, 1.82) is 0 Å². The minimum Gasteiger partial charge on any atom is -0.444 e. The quantitative estimate of drug-likeness (QED) is 0.646. The van der Waals surface area contributed by atoms with Gasteiger partial charge in [-0.1, -0.05) is 11.6 Å². The molecule has 0 saturated carbocycles. The highest BCUT2D eigenvalue weighted by Gasteiger charge is 2.33.